The Balaban J connectivity index is 1.77. The van der Waals surface area contributed by atoms with Gasteiger partial charge in [0.15, 0.2) is 5.82 Å². The molecule has 0 fully saturated rings. The molecule has 26 heavy (non-hydrogen) atoms. The molecule has 2 aromatic heterocycles. The van der Waals surface area contributed by atoms with Gasteiger partial charge in [-0.15, -0.1) is 0 Å². The first kappa shape index (κ1) is 17.7. The van der Waals surface area contributed by atoms with E-state index in [9.17, 15) is 9.90 Å². The quantitative estimate of drug-likeness (QED) is 0.467. The number of anilines is 2. The zero-order valence-electron chi connectivity index (χ0n) is 14.7. The number of carbonyl (C=O) groups excluding carboxylic acids is 1. The number of aliphatic hydroxyl groups excluding tert-OH is 1. The summed E-state index contributed by atoms with van der Waals surface area (Å²) in [6.45, 7) is 4.31. The summed E-state index contributed by atoms with van der Waals surface area (Å²) < 4.78 is 0. The minimum Gasteiger partial charge on any atom is -0.390 e. The number of hydrogen-bond acceptors (Lipinski definition) is 5. The number of pyridine rings is 1. The van der Waals surface area contributed by atoms with Crippen LogP contribution in [0.5, 0.6) is 0 Å². The molecule has 0 radical (unpaired) electrons. The zero-order valence-corrected chi connectivity index (χ0v) is 14.7. The number of aromatic amines is 1. The van der Waals surface area contributed by atoms with Crippen LogP contribution in [-0.2, 0) is 6.61 Å². The normalized spacial score (nSPS) is 12.0. The summed E-state index contributed by atoms with van der Waals surface area (Å²) in [6, 6.07) is 10.8. The molecule has 0 bridgehead atoms. The maximum absolute atomic E-state index is 12.3. The minimum absolute atomic E-state index is 0.148. The van der Waals surface area contributed by atoms with Crippen molar-refractivity contribution in [3.8, 4) is 0 Å². The van der Waals surface area contributed by atoms with Gasteiger partial charge in [-0.3, -0.25) is 10.4 Å². The Hall–Kier alpha value is -3.13. The van der Waals surface area contributed by atoms with Crippen molar-refractivity contribution >= 4 is 28.6 Å². The second-order valence-electron chi connectivity index (χ2n) is 5.87. The fourth-order valence-corrected chi connectivity index (χ4v) is 2.77. The summed E-state index contributed by atoms with van der Waals surface area (Å²) in [6.07, 6.45) is 0. The Morgan fingerprint density at radius 2 is 2.08 bits per heavy atom. The molecule has 2 amide bonds. The molecular weight excluding hydrogens is 332 g/mol. The van der Waals surface area contributed by atoms with Crippen molar-refractivity contribution in [1.82, 2.24) is 20.5 Å². The number of aliphatic hydroxyl groups is 1. The van der Waals surface area contributed by atoms with Gasteiger partial charge >= 0.3 is 6.03 Å². The van der Waals surface area contributed by atoms with E-state index in [1.165, 1.54) is 0 Å². The van der Waals surface area contributed by atoms with E-state index < -0.39 is 0 Å². The molecule has 0 saturated carbocycles. The summed E-state index contributed by atoms with van der Waals surface area (Å²) in [7, 11) is 0. The maximum Gasteiger partial charge on any atom is 0.320 e. The Bertz CT molecular complexity index is 893. The van der Waals surface area contributed by atoms with Crippen molar-refractivity contribution in [3.05, 3.63) is 47.7 Å². The summed E-state index contributed by atoms with van der Waals surface area (Å²) in [5.41, 5.74) is 2.14. The van der Waals surface area contributed by atoms with Gasteiger partial charge in [0, 0.05) is 12.6 Å². The SMILES string of the molecule is CCNc1n[nH]c2cc(NC(=O)N[C@H](C)c3ccccc3)nc(CO)c12. The molecular formula is C18H22N6O2. The molecule has 0 unspecified atom stereocenters. The molecule has 136 valence electrons. The number of benzene rings is 1. The van der Waals surface area contributed by atoms with Crippen LogP contribution in [0.4, 0.5) is 16.4 Å². The second kappa shape index (κ2) is 7.83. The van der Waals surface area contributed by atoms with Crippen molar-refractivity contribution in [2.24, 2.45) is 0 Å². The third-order valence-corrected chi connectivity index (χ3v) is 4.00. The van der Waals surface area contributed by atoms with Crippen LogP contribution in [0.3, 0.4) is 0 Å². The predicted octanol–water partition coefficient (Wildman–Crippen LogP) is 2.76. The minimum atomic E-state index is -0.372. The zero-order chi connectivity index (χ0) is 18.5. The van der Waals surface area contributed by atoms with Crippen molar-refractivity contribution in [2.75, 3.05) is 17.2 Å². The first-order valence-corrected chi connectivity index (χ1v) is 8.47. The first-order chi connectivity index (χ1) is 12.6. The summed E-state index contributed by atoms with van der Waals surface area (Å²) in [5.74, 6) is 0.971. The van der Waals surface area contributed by atoms with E-state index in [0.717, 1.165) is 10.9 Å². The number of amides is 2. The number of aromatic nitrogens is 3. The van der Waals surface area contributed by atoms with Gasteiger partial charge in [-0.1, -0.05) is 30.3 Å². The van der Waals surface area contributed by atoms with Crippen LogP contribution in [0.1, 0.15) is 31.1 Å². The van der Waals surface area contributed by atoms with Crippen LogP contribution in [-0.4, -0.2) is 32.9 Å². The lowest BCUT2D eigenvalue weighted by Crippen LogP contribution is -2.31. The molecule has 0 saturated heterocycles. The smallest absolute Gasteiger partial charge is 0.320 e. The van der Waals surface area contributed by atoms with E-state index >= 15 is 0 Å². The number of rotatable bonds is 6. The molecule has 2 heterocycles. The van der Waals surface area contributed by atoms with Crippen LogP contribution < -0.4 is 16.0 Å². The first-order valence-electron chi connectivity index (χ1n) is 8.47. The molecule has 8 heteroatoms. The number of hydrogen-bond donors (Lipinski definition) is 5. The molecule has 3 aromatic rings. The van der Waals surface area contributed by atoms with Crippen molar-refractivity contribution < 1.29 is 9.90 Å². The van der Waals surface area contributed by atoms with Gasteiger partial charge in [-0.2, -0.15) is 5.10 Å². The van der Waals surface area contributed by atoms with Gasteiger partial charge in [0.2, 0.25) is 0 Å². The highest BCUT2D eigenvalue weighted by Gasteiger charge is 2.15. The molecule has 0 aliphatic rings. The Kier molecular flexibility index (Phi) is 5.33. The second-order valence-corrected chi connectivity index (χ2v) is 5.87. The fourth-order valence-electron chi connectivity index (χ4n) is 2.77. The molecule has 1 atom stereocenters. The fraction of sp³-hybridized carbons (Fsp3) is 0.278. The standard InChI is InChI=1S/C18H22N6O2/c1-3-19-17-16-13(23-24-17)9-15(21-14(16)10-25)22-18(26)20-11(2)12-7-5-4-6-8-12/h4-9,11,25H,3,10H2,1-2H3,(H2,19,23,24)(H2,20,21,22,26)/t11-/m1/s1. The van der Waals surface area contributed by atoms with E-state index in [4.69, 9.17) is 0 Å². The highest BCUT2D eigenvalue weighted by atomic mass is 16.3. The van der Waals surface area contributed by atoms with Crippen molar-refractivity contribution in [3.63, 3.8) is 0 Å². The van der Waals surface area contributed by atoms with Gasteiger partial charge in [-0.25, -0.2) is 9.78 Å². The summed E-state index contributed by atoms with van der Waals surface area (Å²) >= 11 is 0. The average molecular weight is 354 g/mol. The van der Waals surface area contributed by atoms with Gasteiger partial charge in [0.25, 0.3) is 0 Å². The van der Waals surface area contributed by atoms with Gasteiger partial charge in [-0.05, 0) is 19.4 Å². The van der Waals surface area contributed by atoms with E-state index in [1.807, 2.05) is 44.2 Å². The van der Waals surface area contributed by atoms with Crippen LogP contribution >= 0.6 is 0 Å². The molecule has 0 aliphatic carbocycles. The largest absolute Gasteiger partial charge is 0.390 e. The number of H-pyrrole nitrogens is 1. The number of nitrogens with zero attached hydrogens (tertiary/aromatic N) is 2. The average Bonchev–Trinajstić information content (AvgIpc) is 3.05. The Labute approximate surface area is 151 Å². The van der Waals surface area contributed by atoms with Crippen LogP contribution in [0.25, 0.3) is 10.9 Å². The Morgan fingerprint density at radius 1 is 1.31 bits per heavy atom. The van der Waals surface area contributed by atoms with E-state index in [-0.39, 0.29) is 18.7 Å². The van der Waals surface area contributed by atoms with Crippen molar-refractivity contribution in [1.29, 1.82) is 0 Å². The highest BCUT2D eigenvalue weighted by Crippen LogP contribution is 2.26. The van der Waals surface area contributed by atoms with Crippen LogP contribution in [0, 0.1) is 0 Å². The van der Waals surface area contributed by atoms with E-state index in [1.54, 1.807) is 6.07 Å². The summed E-state index contributed by atoms with van der Waals surface area (Å²) in [5, 5.41) is 26.1. The number of fused-ring (bicyclic) bond motifs is 1. The molecule has 3 rings (SSSR count). The third kappa shape index (κ3) is 3.75. The van der Waals surface area contributed by atoms with Gasteiger partial charge in [0.05, 0.1) is 29.2 Å². The molecule has 0 spiro atoms. The number of urea groups is 1. The van der Waals surface area contributed by atoms with Gasteiger partial charge in [0.1, 0.15) is 5.82 Å². The third-order valence-electron chi connectivity index (χ3n) is 4.00. The number of carbonyl (C=O) groups is 1. The predicted molar refractivity (Wildman–Crippen MR) is 101 cm³/mol. The van der Waals surface area contributed by atoms with Gasteiger partial charge < -0.3 is 15.7 Å². The van der Waals surface area contributed by atoms with E-state index in [0.29, 0.717) is 29.4 Å². The number of nitrogens with one attached hydrogen (secondary N) is 4. The summed E-state index contributed by atoms with van der Waals surface area (Å²) in [4.78, 5) is 16.6. The van der Waals surface area contributed by atoms with Crippen LogP contribution in [0.15, 0.2) is 36.4 Å². The highest BCUT2D eigenvalue weighted by molar-refractivity contribution is 5.96. The van der Waals surface area contributed by atoms with Crippen molar-refractivity contribution in [2.45, 2.75) is 26.5 Å². The lowest BCUT2D eigenvalue weighted by Gasteiger charge is -2.15. The molecule has 1 aromatic carbocycles. The maximum atomic E-state index is 12.3. The molecule has 8 nitrogen and oxygen atoms in total. The lowest BCUT2D eigenvalue weighted by molar-refractivity contribution is 0.249. The van der Waals surface area contributed by atoms with E-state index in [2.05, 4.69) is 31.1 Å². The molecule has 5 N–H and O–H groups in total. The lowest BCUT2D eigenvalue weighted by atomic mass is 10.1. The monoisotopic (exact) mass is 354 g/mol. The molecule has 0 aliphatic heterocycles. The topological polar surface area (TPSA) is 115 Å². The Morgan fingerprint density at radius 3 is 2.77 bits per heavy atom. The van der Waals surface area contributed by atoms with Crippen LogP contribution in [0.2, 0.25) is 0 Å².